The predicted octanol–water partition coefficient (Wildman–Crippen LogP) is -0.102. The Kier molecular flexibility index (Phi) is 6.37. The maximum Gasteiger partial charge on any atom is 0.304 e. The molecule has 1 saturated heterocycles. The lowest BCUT2D eigenvalue weighted by Gasteiger charge is -2.32. The molecule has 0 aromatic heterocycles. The van der Waals surface area contributed by atoms with Crippen molar-refractivity contribution in [3.05, 3.63) is 0 Å². The summed E-state index contributed by atoms with van der Waals surface area (Å²) in [5.41, 5.74) is 0. The lowest BCUT2D eigenvalue weighted by Crippen LogP contribution is -2.46. The first-order chi connectivity index (χ1) is 7.72. The number of nitrogens with zero attached hydrogens (tertiary/aromatic N) is 1. The summed E-state index contributed by atoms with van der Waals surface area (Å²) in [6.07, 6.45) is 3.28. The molecule has 5 nitrogen and oxygen atoms in total. The van der Waals surface area contributed by atoms with Gasteiger partial charge in [0.25, 0.3) is 0 Å². The van der Waals surface area contributed by atoms with Crippen LogP contribution in [-0.4, -0.2) is 59.9 Å². The molecule has 0 amide bonds. The SMILES string of the molecule is O=C(O)CCN1CCCC(NCCCO)C1. The van der Waals surface area contributed by atoms with Crippen LogP contribution in [0.3, 0.4) is 0 Å². The summed E-state index contributed by atoms with van der Waals surface area (Å²) in [6.45, 7) is 3.65. The Morgan fingerprint density at radius 3 is 3.00 bits per heavy atom. The van der Waals surface area contributed by atoms with Gasteiger partial charge in [-0.25, -0.2) is 0 Å². The number of rotatable bonds is 7. The fourth-order valence-corrected chi connectivity index (χ4v) is 2.06. The van der Waals surface area contributed by atoms with Crippen LogP contribution in [0.1, 0.15) is 25.7 Å². The van der Waals surface area contributed by atoms with E-state index in [4.69, 9.17) is 10.2 Å². The molecule has 94 valence electrons. The van der Waals surface area contributed by atoms with Crippen LogP contribution in [0.15, 0.2) is 0 Å². The summed E-state index contributed by atoms with van der Waals surface area (Å²) in [5.74, 6) is -0.727. The highest BCUT2D eigenvalue weighted by molar-refractivity contribution is 5.66. The van der Waals surface area contributed by atoms with Crippen LogP contribution in [0, 0.1) is 0 Å². The van der Waals surface area contributed by atoms with Crippen molar-refractivity contribution in [3.63, 3.8) is 0 Å². The van der Waals surface area contributed by atoms with E-state index < -0.39 is 5.97 Å². The van der Waals surface area contributed by atoms with Gasteiger partial charge in [0.2, 0.25) is 0 Å². The Morgan fingerprint density at radius 1 is 1.50 bits per heavy atom. The molecule has 0 aliphatic carbocycles. The van der Waals surface area contributed by atoms with Crippen LogP contribution < -0.4 is 5.32 Å². The number of carbonyl (C=O) groups is 1. The summed E-state index contributed by atoms with van der Waals surface area (Å²) in [7, 11) is 0. The van der Waals surface area contributed by atoms with Gasteiger partial charge in [0.15, 0.2) is 0 Å². The van der Waals surface area contributed by atoms with Gasteiger partial charge in [0.1, 0.15) is 0 Å². The summed E-state index contributed by atoms with van der Waals surface area (Å²) < 4.78 is 0. The standard InChI is InChI=1S/C11H22N2O3/c14-8-2-5-12-10-3-1-6-13(9-10)7-4-11(15)16/h10,12,14H,1-9H2,(H,15,16). The third-order valence-corrected chi connectivity index (χ3v) is 2.92. The van der Waals surface area contributed by atoms with E-state index in [0.29, 0.717) is 12.6 Å². The van der Waals surface area contributed by atoms with Gasteiger partial charge in [-0.15, -0.1) is 0 Å². The normalized spacial score (nSPS) is 22.2. The smallest absolute Gasteiger partial charge is 0.304 e. The molecule has 16 heavy (non-hydrogen) atoms. The van der Waals surface area contributed by atoms with Crippen LogP contribution >= 0.6 is 0 Å². The van der Waals surface area contributed by atoms with Gasteiger partial charge in [-0.05, 0) is 32.4 Å². The van der Waals surface area contributed by atoms with Gasteiger partial charge >= 0.3 is 5.97 Å². The largest absolute Gasteiger partial charge is 0.481 e. The Balaban J connectivity index is 2.16. The molecule has 0 bridgehead atoms. The zero-order chi connectivity index (χ0) is 11.8. The van der Waals surface area contributed by atoms with E-state index in [-0.39, 0.29) is 13.0 Å². The van der Waals surface area contributed by atoms with Crippen LogP contribution in [-0.2, 0) is 4.79 Å². The van der Waals surface area contributed by atoms with Gasteiger partial charge in [0.05, 0.1) is 6.42 Å². The molecule has 1 aliphatic heterocycles. The van der Waals surface area contributed by atoms with Crippen molar-refractivity contribution in [2.24, 2.45) is 0 Å². The predicted molar refractivity (Wildman–Crippen MR) is 61.4 cm³/mol. The molecular weight excluding hydrogens is 208 g/mol. The Bertz CT molecular complexity index is 211. The highest BCUT2D eigenvalue weighted by atomic mass is 16.4. The van der Waals surface area contributed by atoms with E-state index >= 15 is 0 Å². The molecule has 1 aliphatic rings. The Hall–Kier alpha value is -0.650. The van der Waals surface area contributed by atoms with Gasteiger partial charge in [-0.3, -0.25) is 4.79 Å². The first kappa shape index (κ1) is 13.4. The van der Waals surface area contributed by atoms with Crippen LogP contribution in [0.2, 0.25) is 0 Å². The maximum atomic E-state index is 10.5. The number of aliphatic hydroxyl groups is 1. The molecule has 1 fully saturated rings. The van der Waals surface area contributed by atoms with E-state index in [1.54, 1.807) is 0 Å². The molecule has 0 spiro atoms. The monoisotopic (exact) mass is 230 g/mol. The topological polar surface area (TPSA) is 72.8 Å². The maximum absolute atomic E-state index is 10.5. The lowest BCUT2D eigenvalue weighted by atomic mass is 10.1. The number of carboxylic acids is 1. The van der Waals surface area contributed by atoms with Crippen molar-refractivity contribution in [3.8, 4) is 0 Å². The zero-order valence-corrected chi connectivity index (χ0v) is 9.69. The molecule has 0 saturated carbocycles. The zero-order valence-electron chi connectivity index (χ0n) is 9.69. The molecule has 0 radical (unpaired) electrons. The van der Waals surface area contributed by atoms with Crippen molar-refractivity contribution in [1.29, 1.82) is 0 Å². The third kappa shape index (κ3) is 5.44. The summed E-state index contributed by atoms with van der Waals surface area (Å²) in [6, 6.07) is 0.453. The van der Waals surface area contributed by atoms with E-state index in [2.05, 4.69) is 10.2 Å². The van der Waals surface area contributed by atoms with Crippen molar-refractivity contribution in [2.45, 2.75) is 31.7 Å². The van der Waals surface area contributed by atoms with E-state index in [9.17, 15) is 4.79 Å². The Labute approximate surface area is 96.4 Å². The lowest BCUT2D eigenvalue weighted by molar-refractivity contribution is -0.137. The van der Waals surface area contributed by atoms with E-state index in [1.807, 2.05) is 0 Å². The molecule has 0 aromatic rings. The first-order valence-corrected chi connectivity index (χ1v) is 6.00. The van der Waals surface area contributed by atoms with Gasteiger partial charge in [-0.2, -0.15) is 0 Å². The van der Waals surface area contributed by atoms with Crippen molar-refractivity contribution in [1.82, 2.24) is 10.2 Å². The number of hydrogen-bond acceptors (Lipinski definition) is 4. The molecule has 1 unspecified atom stereocenters. The number of aliphatic carboxylic acids is 1. The highest BCUT2D eigenvalue weighted by Gasteiger charge is 2.19. The average molecular weight is 230 g/mol. The molecule has 1 heterocycles. The number of hydrogen-bond donors (Lipinski definition) is 3. The van der Waals surface area contributed by atoms with E-state index in [0.717, 1.165) is 38.9 Å². The number of likely N-dealkylation sites (tertiary alicyclic amines) is 1. The number of piperidine rings is 1. The molecule has 0 aromatic carbocycles. The van der Waals surface area contributed by atoms with Crippen LogP contribution in [0.25, 0.3) is 0 Å². The molecule has 1 rings (SSSR count). The van der Waals surface area contributed by atoms with Gasteiger partial charge in [0, 0.05) is 25.7 Å². The Morgan fingerprint density at radius 2 is 2.31 bits per heavy atom. The minimum Gasteiger partial charge on any atom is -0.481 e. The minimum atomic E-state index is -0.727. The molecule has 3 N–H and O–H groups in total. The van der Waals surface area contributed by atoms with Crippen LogP contribution in [0.5, 0.6) is 0 Å². The average Bonchev–Trinajstić information content (AvgIpc) is 2.27. The summed E-state index contributed by atoms with van der Waals surface area (Å²) in [5, 5.41) is 20.7. The first-order valence-electron chi connectivity index (χ1n) is 6.00. The fraction of sp³-hybridized carbons (Fsp3) is 0.909. The quantitative estimate of drug-likeness (QED) is 0.533. The number of carboxylic acid groups (broad SMARTS) is 1. The minimum absolute atomic E-state index is 0.225. The number of aliphatic hydroxyl groups excluding tert-OH is 1. The number of nitrogens with one attached hydrogen (secondary N) is 1. The van der Waals surface area contributed by atoms with Gasteiger partial charge < -0.3 is 20.4 Å². The van der Waals surface area contributed by atoms with Crippen molar-refractivity contribution >= 4 is 5.97 Å². The van der Waals surface area contributed by atoms with Crippen molar-refractivity contribution < 1.29 is 15.0 Å². The molecule has 1 atom stereocenters. The van der Waals surface area contributed by atoms with Crippen molar-refractivity contribution in [2.75, 3.05) is 32.8 Å². The molecular formula is C11H22N2O3. The molecule has 5 heteroatoms. The van der Waals surface area contributed by atoms with Gasteiger partial charge in [-0.1, -0.05) is 0 Å². The second kappa shape index (κ2) is 7.60. The second-order valence-electron chi connectivity index (χ2n) is 4.31. The van der Waals surface area contributed by atoms with Crippen LogP contribution in [0.4, 0.5) is 0 Å². The second-order valence-corrected chi connectivity index (χ2v) is 4.31. The highest BCUT2D eigenvalue weighted by Crippen LogP contribution is 2.10. The third-order valence-electron chi connectivity index (χ3n) is 2.92. The fourth-order valence-electron chi connectivity index (χ4n) is 2.06. The van der Waals surface area contributed by atoms with E-state index in [1.165, 1.54) is 0 Å². The summed E-state index contributed by atoms with van der Waals surface area (Å²) in [4.78, 5) is 12.7. The summed E-state index contributed by atoms with van der Waals surface area (Å²) >= 11 is 0.